The number of methoxy groups -OCH3 is 1. The fourth-order valence-electron chi connectivity index (χ4n) is 3.96. The van der Waals surface area contributed by atoms with E-state index in [1.165, 1.54) is 12.0 Å². The zero-order chi connectivity index (χ0) is 27.8. The SMILES string of the molecule is COc1ccc(OC(=O)N(CC(=O)O)[C@@H](C)c2ccc(OCCc3nc(-c4ccccc4)sc3C)cc2)cc1. The van der Waals surface area contributed by atoms with Gasteiger partial charge in [-0.25, -0.2) is 9.78 Å². The van der Waals surface area contributed by atoms with Crippen LogP contribution in [0.25, 0.3) is 10.6 Å². The number of nitrogens with zero attached hydrogens (tertiary/aromatic N) is 2. The highest BCUT2D eigenvalue weighted by Crippen LogP contribution is 2.28. The zero-order valence-corrected chi connectivity index (χ0v) is 22.8. The Morgan fingerprint density at radius 1 is 0.949 bits per heavy atom. The summed E-state index contributed by atoms with van der Waals surface area (Å²) in [4.78, 5) is 31.5. The molecule has 4 rings (SSSR count). The average Bonchev–Trinajstić information content (AvgIpc) is 3.32. The van der Waals surface area contributed by atoms with Gasteiger partial charge in [-0.3, -0.25) is 9.69 Å². The number of rotatable bonds is 11. The number of benzene rings is 3. The fourth-order valence-corrected chi connectivity index (χ4v) is 4.93. The third-order valence-electron chi connectivity index (χ3n) is 6.16. The van der Waals surface area contributed by atoms with Gasteiger partial charge in [0.2, 0.25) is 0 Å². The molecular weight excluding hydrogens is 516 g/mol. The molecule has 0 saturated heterocycles. The summed E-state index contributed by atoms with van der Waals surface area (Å²) in [5, 5.41) is 10.4. The fraction of sp³-hybridized carbons (Fsp3) is 0.233. The summed E-state index contributed by atoms with van der Waals surface area (Å²) in [5.74, 6) is 0.443. The summed E-state index contributed by atoms with van der Waals surface area (Å²) in [7, 11) is 1.54. The number of carboxylic acid groups (broad SMARTS) is 1. The van der Waals surface area contributed by atoms with E-state index in [0.717, 1.165) is 26.7 Å². The summed E-state index contributed by atoms with van der Waals surface area (Å²) in [5.41, 5.74) is 2.87. The number of carbonyl (C=O) groups excluding carboxylic acids is 1. The number of aromatic nitrogens is 1. The normalized spacial score (nSPS) is 11.5. The maximum absolute atomic E-state index is 12.9. The maximum Gasteiger partial charge on any atom is 0.416 e. The van der Waals surface area contributed by atoms with Gasteiger partial charge in [0.05, 0.1) is 25.5 Å². The Hall–Kier alpha value is -4.37. The largest absolute Gasteiger partial charge is 0.497 e. The van der Waals surface area contributed by atoms with Crippen LogP contribution in [-0.2, 0) is 11.2 Å². The zero-order valence-electron chi connectivity index (χ0n) is 22.0. The minimum atomic E-state index is -1.14. The highest BCUT2D eigenvalue weighted by molar-refractivity contribution is 7.15. The van der Waals surface area contributed by atoms with Gasteiger partial charge in [-0.15, -0.1) is 11.3 Å². The van der Waals surface area contributed by atoms with Crippen molar-refractivity contribution in [1.29, 1.82) is 0 Å². The van der Waals surface area contributed by atoms with Gasteiger partial charge in [-0.05, 0) is 55.8 Å². The molecule has 1 atom stereocenters. The molecule has 1 N–H and O–H groups in total. The summed E-state index contributed by atoms with van der Waals surface area (Å²) < 4.78 is 16.5. The number of carbonyl (C=O) groups is 2. The van der Waals surface area contributed by atoms with Crippen LogP contribution in [0.1, 0.15) is 29.1 Å². The topological polar surface area (TPSA) is 98.2 Å². The van der Waals surface area contributed by atoms with Gasteiger partial charge in [0.15, 0.2) is 0 Å². The quantitative estimate of drug-likeness (QED) is 0.233. The number of carboxylic acids is 1. The lowest BCUT2D eigenvalue weighted by molar-refractivity contribution is -0.138. The van der Waals surface area contributed by atoms with Gasteiger partial charge >= 0.3 is 12.1 Å². The van der Waals surface area contributed by atoms with Crippen molar-refractivity contribution in [3.63, 3.8) is 0 Å². The van der Waals surface area contributed by atoms with E-state index in [-0.39, 0.29) is 0 Å². The van der Waals surface area contributed by atoms with Crippen LogP contribution >= 0.6 is 11.3 Å². The van der Waals surface area contributed by atoms with E-state index < -0.39 is 24.6 Å². The second kappa shape index (κ2) is 12.9. The summed E-state index contributed by atoms with van der Waals surface area (Å²) >= 11 is 1.67. The average molecular weight is 547 g/mol. The first-order valence-corrected chi connectivity index (χ1v) is 13.2. The van der Waals surface area contributed by atoms with Crippen LogP contribution in [0.2, 0.25) is 0 Å². The van der Waals surface area contributed by atoms with Gasteiger partial charge in [-0.2, -0.15) is 0 Å². The Bertz CT molecular complexity index is 1390. The number of amides is 1. The number of hydrogen-bond donors (Lipinski definition) is 1. The van der Waals surface area contributed by atoms with Crippen LogP contribution < -0.4 is 14.2 Å². The van der Waals surface area contributed by atoms with Crippen molar-refractivity contribution in [2.45, 2.75) is 26.3 Å². The first-order chi connectivity index (χ1) is 18.8. The number of aliphatic carboxylic acids is 1. The van der Waals surface area contributed by atoms with Crippen molar-refractivity contribution in [3.05, 3.63) is 95.0 Å². The second-order valence-electron chi connectivity index (χ2n) is 8.80. The molecule has 1 aromatic heterocycles. The number of hydrogen-bond acceptors (Lipinski definition) is 7. The Morgan fingerprint density at radius 2 is 1.59 bits per heavy atom. The molecule has 3 aromatic carbocycles. The van der Waals surface area contributed by atoms with Gasteiger partial charge in [0.1, 0.15) is 28.8 Å². The second-order valence-corrected chi connectivity index (χ2v) is 10.00. The van der Waals surface area contributed by atoms with Crippen molar-refractivity contribution in [1.82, 2.24) is 9.88 Å². The summed E-state index contributed by atoms with van der Waals surface area (Å²) in [6.07, 6.45) is -0.0828. The van der Waals surface area contributed by atoms with E-state index in [0.29, 0.717) is 30.3 Å². The smallest absolute Gasteiger partial charge is 0.416 e. The molecule has 0 radical (unpaired) electrons. The molecule has 0 bridgehead atoms. The lowest BCUT2D eigenvalue weighted by atomic mass is 10.1. The van der Waals surface area contributed by atoms with Gasteiger partial charge < -0.3 is 19.3 Å². The van der Waals surface area contributed by atoms with Crippen molar-refractivity contribution in [3.8, 4) is 27.8 Å². The standard InChI is InChI=1S/C30H30N2O6S/c1-20(32(19-28(33)34)30(35)38-26-15-13-24(36-3)14-16-26)22-9-11-25(12-10-22)37-18-17-27-21(2)39-29(31-27)23-7-5-4-6-8-23/h4-16,20H,17-19H2,1-3H3,(H,33,34)/t20-/m0/s1. The van der Waals surface area contributed by atoms with E-state index in [1.807, 2.05) is 42.5 Å². The first-order valence-electron chi connectivity index (χ1n) is 12.4. The van der Waals surface area contributed by atoms with Crippen LogP contribution in [0, 0.1) is 6.92 Å². The highest BCUT2D eigenvalue weighted by atomic mass is 32.1. The molecule has 0 fully saturated rings. The van der Waals surface area contributed by atoms with Crippen molar-refractivity contribution in [2.24, 2.45) is 0 Å². The third kappa shape index (κ3) is 7.36. The first kappa shape index (κ1) is 27.7. The molecule has 8 nitrogen and oxygen atoms in total. The van der Waals surface area contributed by atoms with Crippen LogP contribution in [0.4, 0.5) is 4.79 Å². The van der Waals surface area contributed by atoms with Crippen LogP contribution in [0.3, 0.4) is 0 Å². The van der Waals surface area contributed by atoms with Gasteiger partial charge in [0.25, 0.3) is 0 Å². The van der Waals surface area contributed by atoms with E-state index in [9.17, 15) is 14.7 Å². The molecular formula is C30H30N2O6S. The molecule has 202 valence electrons. The minimum absolute atomic E-state index is 0.290. The number of ether oxygens (including phenoxy) is 3. The van der Waals surface area contributed by atoms with E-state index >= 15 is 0 Å². The van der Waals surface area contributed by atoms with Crippen molar-refractivity contribution in [2.75, 3.05) is 20.3 Å². The summed E-state index contributed by atoms with van der Waals surface area (Å²) in [6.45, 7) is 3.78. The van der Waals surface area contributed by atoms with Gasteiger partial charge in [-0.1, -0.05) is 42.5 Å². The summed E-state index contributed by atoms with van der Waals surface area (Å²) in [6, 6.07) is 23.3. The van der Waals surface area contributed by atoms with Crippen molar-refractivity contribution >= 4 is 23.4 Å². The van der Waals surface area contributed by atoms with Crippen LogP contribution in [0.15, 0.2) is 78.9 Å². The Kier molecular flexibility index (Phi) is 9.17. The molecule has 1 amide bonds. The Morgan fingerprint density at radius 3 is 2.23 bits per heavy atom. The monoisotopic (exact) mass is 546 g/mol. The number of thiazole rings is 1. The molecule has 0 unspecified atom stereocenters. The van der Waals surface area contributed by atoms with Crippen LogP contribution in [0.5, 0.6) is 17.2 Å². The third-order valence-corrected chi connectivity index (χ3v) is 7.22. The Balaban J connectivity index is 1.36. The lowest BCUT2D eigenvalue weighted by Crippen LogP contribution is -2.39. The lowest BCUT2D eigenvalue weighted by Gasteiger charge is -2.27. The molecule has 4 aromatic rings. The minimum Gasteiger partial charge on any atom is -0.497 e. The molecule has 0 saturated carbocycles. The van der Waals surface area contributed by atoms with Crippen molar-refractivity contribution < 1.29 is 28.9 Å². The van der Waals surface area contributed by atoms with E-state index in [2.05, 4.69) is 19.1 Å². The maximum atomic E-state index is 12.9. The number of aryl methyl sites for hydroxylation is 1. The molecule has 39 heavy (non-hydrogen) atoms. The van der Waals surface area contributed by atoms with E-state index in [1.54, 1.807) is 42.5 Å². The predicted octanol–water partition coefficient (Wildman–Crippen LogP) is 6.40. The molecule has 0 spiro atoms. The Labute approximate surface area is 231 Å². The molecule has 0 aliphatic rings. The highest BCUT2D eigenvalue weighted by Gasteiger charge is 2.26. The van der Waals surface area contributed by atoms with Gasteiger partial charge in [0, 0.05) is 16.9 Å². The molecule has 0 aliphatic carbocycles. The van der Waals surface area contributed by atoms with Crippen LogP contribution in [-0.4, -0.2) is 47.3 Å². The molecule has 1 heterocycles. The van der Waals surface area contributed by atoms with E-state index in [4.69, 9.17) is 19.2 Å². The molecule has 9 heteroatoms. The molecule has 0 aliphatic heterocycles. The predicted molar refractivity (Wildman–Crippen MR) is 150 cm³/mol.